The van der Waals surface area contributed by atoms with Gasteiger partial charge in [0.1, 0.15) is 0 Å². The predicted molar refractivity (Wildman–Crippen MR) is 92.4 cm³/mol. The van der Waals surface area contributed by atoms with E-state index in [0.29, 0.717) is 19.5 Å². The van der Waals surface area contributed by atoms with Crippen molar-refractivity contribution in [2.75, 3.05) is 25.0 Å². The van der Waals surface area contributed by atoms with Crippen LogP contribution in [0.3, 0.4) is 0 Å². The Bertz CT molecular complexity index is 563. The molecule has 6 nitrogen and oxygen atoms in total. The third-order valence-corrected chi connectivity index (χ3v) is 5.01. The minimum atomic E-state index is -0.0540. The van der Waals surface area contributed by atoms with Gasteiger partial charge in [-0.3, -0.25) is 14.6 Å². The zero-order valence-corrected chi connectivity index (χ0v) is 14.0. The van der Waals surface area contributed by atoms with Gasteiger partial charge in [0.25, 0.3) is 0 Å². The topological polar surface area (TPSA) is 74.3 Å². The molecule has 0 spiro atoms. The Morgan fingerprint density at radius 2 is 1.96 bits per heavy atom. The van der Waals surface area contributed by atoms with Crippen LogP contribution >= 0.6 is 0 Å². The molecule has 1 saturated heterocycles. The molecule has 0 bridgehead atoms. The number of carbonyl (C=O) groups excluding carboxylic acids is 2. The van der Waals surface area contributed by atoms with E-state index in [1.807, 2.05) is 17.0 Å². The van der Waals surface area contributed by atoms with Crippen LogP contribution in [0.5, 0.6) is 0 Å². The Hall–Kier alpha value is -2.11. The van der Waals surface area contributed by atoms with Crippen LogP contribution in [-0.2, 0) is 9.59 Å². The summed E-state index contributed by atoms with van der Waals surface area (Å²) in [5.74, 6) is 0.261. The zero-order valence-electron chi connectivity index (χ0n) is 14.0. The highest BCUT2D eigenvalue weighted by Gasteiger charge is 2.38. The highest BCUT2D eigenvalue weighted by atomic mass is 16.2. The summed E-state index contributed by atoms with van der Waals surface area (Å²) in [7, 11) is 0. The monoisotopic (exact) mass is 330 g/mol. The Kier molecular flexibility index (Phi) is 5.67. The standard InChI is InChI=1S/C18H26N4O2/c23-17-6-3-13-22(17)16-5-2-1-4-15(16)18(24)21-12-11-20-14-7-9-19-10-8-14/h7-10,15-16H,1-6,11-13H2,(H,19,20)(H,21,24)/t15-,16+/m1/s1. The lowest BCUT2D eigenvalue weighted by Crippen LogP contribution is -2.49. The molecular weight excluding hydrogens is 304 g/mol. The molecule has 0 unspecified atom stereocenters. The molecule has 0 radical (unpaired) electrons. The van der Waals surface area contributed by atoms with Crippen LogP contribution < -0.4 is 10.6 Å². The number of amides is 2. The van der Waals surface area contributed by atoms with Crippen LogP contribution in [0.4, 0.5) is 5.69 Å². The van der Waals surface area contributed by atoms with Crippen molar-refractivity contribution >= 4 is 17.5 Å². The van der Waals surface area contributed by atoms with E-state index in [1.165, 1.54) is 0 Å². The average molecular weight is 330 g/mol. The van der Waals surface area contributed by atoms with Crippen molar-refractivity contribution in [3.63, 3.8) is 0 Å². The van der Waals surface area contributed by atoms with Crippen molar-refractivity contribution in [1.29, 1.82) is 0 Å². The summed E-state index contributed by atoms with van der Waals surface area (Å²) in [5, 5.41) is 6.29. The summed E-state index contributed by atoms with van der Waals surface area (Å²) in [6, 6.07) is 3.90. The van der Waals surface area contributed by atoms with Crippen LogP contribution in [0, 0.1) is 5.92 Å². The zero-order chi connectivity index (χ0) is 16.8. The largest absolute Gasteiger partial charge is 0.383 e. The summed E-state index contributed by atoms with van der Waals surface area (Å²) >= 11 is 0. The first kappa shape index (κ1) is 16.7. The first-order valence-electron chi connectivity index (χ1n) is 8.97. The van der Waals surface area contributed by atoms with Crippen LogP contribution in [0.1, 0.15) is 38.5 Å². The van der Waals surface area contributed by atoms with Gasteiger partial charge in [-0.05, 0) is 31.4 Å². The maximum atomic E-state index is 12.6. The number of nitrogens with one attached hydrogen (secondary N) is 2. The molecule has 1 saturated carbocycles. The fraction of sp³-hybridized carbons (Fsp3) is 0.611. The first-order chi connectivity index (χ1) is 11.8. The van der Waals surface area contributed by atoms with Crippen LogP contribution in [0.25, 0.3) is 0 Å². The second-order valence-electron chi connectivity index (χ2n) is 6.60. The number of hydrogen-bond acceptors (Lipinski definition) is 4. The molecule has 2 aliphatic rings. The number of anilines is 1. The van der Waals surface area contributed by atoms with Crippen LogP contribution in [0.2, 0.25) is 0 Å². The summed E-state index contributed by atoms with van der Waals surface area (Å²) in [4.78, 5) is 30.6. The van der Waals surface area contributed by atoms with Crippen LogP contribution in [0.15, 0.2) is 24.5 Å². The molecule has 24 heavy (non-hydrogen) atoms. The number of aromatic nitrogens is 1. The summed E-state index contributed by atoms with van der Waals surface area (Å²) in [6.45, 7) is 2.07. The Balaban J connectivity index is 1.48. The molecule has 1 aliphatic carbocycles. The molecule has 0 aromatic carbocycles. The minimum Gasteiger partial charge on any atom is -0.383 e. The molecule has 3 rings (SSSR count). The van der Waals surface area contributed by atoms with E-state index in [1.54, 1.807) is 12.4 Å². The molecule has 1 aliphatic heterocycles. The molecule has 2 fully saturated rings. The fourth-order valence-electron chi connectivity index (χ4n) is 3.80. The quantitative estimate of drug-likeness (QED) is 0.780. The van der Waals surface area contributed by atoms with E-state index in [4.69, 9.17) is 0 Å². The van der Waals surface area contributed by atoms with E-state index in [-0.39, 0.29) is 23.8 Å². The highest BCUT2D eigenvalue weighted by Crippen LogP contribution is 2.31. The number of nitrogens with zero attached hydrogens (tertiary/aromatic N) is 2. The van der Waals surface area contributed by atoms with Gasteiger partial charge in [0.15, 0.2) is 0 Å². The van der Waals surface area contributed by atoms with E-state index in [0.717, 1.165) is 44.3 Å². The SMILES string of the molecule is O=C(NCCNc1ccncc1)[C@@H]1CCCC[C@@H]1N1CCCC1=O. The Labute approximate surface area is 143 Å². The summed E-state index contributed by atoms with van der Waals surface area (Å²) in [6.07, 6.45) is 9.08. The highest BCUT2D eigenvalue weighted by molar-refractivity contribution is 5.82. The molecule has 6 heteroatoms. The number of likely N-dealkylation sites (tertiary alicyclic amines) is 1. The third-order valence-electron chi connectivity index (χ3n) is 5.01. The first-order valence-corrected chi connectivity index (χ1v) is 8.97. The normalized spacial score (nSPS) is 24.0. The second-order valence-corrected chi connectivity index (χ2v) is 6.60. The predicted octanol–water partition coefficient (Wildman–Crippen LogP) is 1.79. The average Bonchev–Trinajstić information content (AvgIpc) is 3.05. The molecule has 2 atom stereocenters. The molecule has 2 amide bonds. The smallest absolute Gasteiger partial charge is 0.225 e. The van der Waals surface area contributed by atoms with Gasteiger partial charge in [-0.1, -0.05) is 12.8 Å². The third kappa shape index (κ3) is 4.04. The molecule has 2 N–H and O–H groups in total. The molecule has 1 aromatic rings. The van der Waals surface area contributed by atoms with Crippen molar-refractivity contribution in [2.24, 2.45) is 5.92 Å². The lowest BCUT2D eigenvalue weighted by molar-refractivity contribution is -0.135. The van der Waals surface area contributed by atoms with Crippen molar-refractivity contribution in [1.82, 2.24) is 15.2 Å². The van der Waals surface area contributed by atoms with E-state index < -0.39 is 0 Å². The number of hydrogen-bond donors (Lipinski definition) is 2. The number of rotatable bonds is 6. The minimum absolute atomic E-state index is 0.0540. The van der Waals surface area contributed by atoms with E-state index in [9.17, 15) is 9.59 Å². The van der Waals surface area contributed by atoms with Crippen molar-refractivity contribution in [3.05, 3.63) is 24.5 Å². The fourth-order valence-corrected chi connectivity index (χ4v) is 3.80. The molecule has 1 aromatic heterocycles. The molecule has 130 valence electrons. The summed E-state index contributed by atoms with van der Waals surface area (Å²) < 4.78 is 0. The van der Waals surface area contributed by atoms with Crippen molar-refractivity contribution < 1.29 is 9.59 Å². The lowest BCUT2D eigenvalue weighted by atomic mass is 9.83. The van der Waals surface area contributed by atoms with Gasteiger partial charge >= 0.3 is 0 Å². The van der Waals surface area contributed by atoms with E-state index >= 15 is 0 Å². The lowest BCUT2D eigenvalue weighted by Gasteiger charge is -2.37. The Morgan fingerprint density at radius 3 is 2.71 bits per heavy atom. The molecular formula is C18H26N4O2. The second kappa shape index (κ2) is 8.13. The van der Waals surface area contributed by atoms with Gasteiger partial charge in [0.2, 0.25) is 11.8 Å². The maximum Gasteiger partial charge on any atom is 0.225 e. The van der Waals surface area contributed by atoms with Gasteiger partial charge in [-0.2, -0.15) is 0 Å². The Morgan fingerprint density at radius 1 is 1.17 bits per heavy atom. The van der Waals surface area contributed by atoms with E-state index in [2.05, 4.69) is 15.6 Å². The summed E-state index contributed by atoms with van der Waals surface area (Å²) in [5.41, 5.74) is 0.998. The van der Waals surface area contributed by atoms with Crippen molar-refractivity contribution in [2.45, 2.75) is 44.6 Å². The van der Waals surface area contributed by atoms with Crippen LogP contribution in [-0.4, -0.2) is 47.4 Å². The van der Waals surface area contributed by atoms with Gasteiger partial charge in [-0.15, -0.1) is 0 Å². The number of pyridine rings is 1. The van der Waals surface area contributed by atoms with Gasteiger partial charge in [-0.25, -0.2) is 0 Å². The van der Waals surface area contributed by atoms with Gasteiger partial charge in [0.05, 0.1) is 5.92 Å². The molecule has 2 heterocycles. The van der Waals surface area contributed by atoms with Gasteiger partial charge in [0, 0.05) is 50.2 Å². The maximum absolute atomic E-state index is 12.6. The van der Waals surface area contributed by atoms with Crippen molar-refractivity contribution in [3.8, 4) is 0 Å². The van der Waals surface area contributed by atoms with Gasteiger partial charge < -0.3 is 15.5 Å². The number of carbonyl (C=O) groups is 2.